The SMILES string of the molecule is Cc1nc2ccccc2c(=O)n1-c1ccc(C(=O)Nc2cccc(I)c2)cc1. The molecule has 0 saturated heterocycles. The van der Waals surface area contributed by atoms with E-state index in [-0.39, 0.29) is 11.5 Å². The molecule has 28 heavy (non-hydrogen) atoms. The molecule has 0 aliphatic rings. The number of amides is 1. The second-order valence-electron chi connectivity index (χ2n) is 6.33. The van der Waals surface area contributed by atoms with E-state index in [0.29, 0.717) is 28.0 Å². The Bertz CT molecular complexity index is 1250. The second-order valence-corrected chi connectivity index (χ2v) is 7.57. The average molecular weight is 481 g/mol. The monoisotopic (exact) mass is 481 g/mol. The Morgan fingerprint density at radius 1 is 1.00 bits per heavy atom. The number of fused-ring (bicyclic) bond motifs is 1. The highest BCUT2D eigenvalue weighted by Gasteiger charge is 2.11. The van der Waals surface area contributed by atoms with E-state index in [0.717, 1.165) is 9.26 Å². The van der Waals surface area contributed by atoms with E-state index in [2.05, 4.69) is 32.9 Å². The van der Waals surface area contributed by atoms with Crippen LogP contribution < -0.4 is 10.9 Å². The van der Waals surface area contributed by atoms with Crippen molar-refractivity contribution in [2.45, 2.75) is 6.92 Å². The molecule has 0 unspecified atom stereocenters. The van der Waals surface area contributed by atoms with E-state index in [1.807, 2.05) is 42.5 Å². The maximum Gasteiger partial charge on any atom is 0.265 e. The zero-order valence-electron chi connectivity index (χ0n) is 15.0. The quantitative estimate of drug-likeness (QED) is 0.437. The number of anilines is 1. The van der Waals surface area contributed by atoms with Crippen LogP contribution in [0.25, 0.3) is 16.6 Å². The van der Waals surface area contributed by atoms with Gasteiger partial charge in [-0.1, -0.05) is 18.2 Å². The minimum absolute atomic E-state index is 0.126. The van der Waals surface area contributed by atoms with Gasteiger partial charge in [-0.2, -0.15) is 0 Å². The molecule has 0 bridgehead atoms. The number of benzene rings is 3. The maximum absolute atomic E-state index is 12.9. The first-order valence-electron chi connectivity index (χ1n) is 8.69. The Balaban J connectivity index is 1.66. The van der Waals surface area contributed by atoms with Crippen molar-refractivity contribution in [3.05, 3.63) is 98.1 Å². The van der Waals surface area contributed by atoms with Crippen LogP contribution in [0.5, 0.6) is 0 Å². The van der Waals surface area contributed by atoms with Gasteiger partial charge in [-0.25, -0.2) is 4.98 Å². The lowest BCUT2D eigenvalue weighted by atomic mass is 10.1. The Kier molecular flexibility index (Phi) is 4.95. The molecule has 138 valence electrons. The van der Waals surface area contributed by atoms with Crippen molar-refractivity contribution >= 4 is 45.1 Å². The number of hydrogen-bond acceptors (Lipinski definition) is 3. The summed E-state index contributed by atoms with van der Waals surface area (Å²) in [6.45, 7) is 1.80. The topological polar surface area (TPSA) is 64.0 Å². The zero-order valence-corrected chi connectivity index (χ0v) is 17.2. The van der Waals surface area contributed by atoms with Gasteiger partial charge < -0.3 is 5.32 Å². The van der Waals surface area contributed by atoms with Crippen LogP contribution >= 0.6 is 22.6 Å². The van der Waals surface area contributed by atoms with Crippen molar-refractivity contribution in [1.29, 1.82) is 0 Å². The van der Waals surface area contributed by atoms with Gasteiger partial charge in [0.2, 0.25) is 0 Å². The number of aromatic nitrogens is 2. The molecule has 0 atom stereocenters. The maximum atomic E-state index is 12.9. The van der Waals surface area contributed by atoms with Crippen LogP contribution in [0, 0.1) is 10.5 Å². The van der Waals surface area contributed by atoms with Crippen molar-refractivity contribution in [3.8, 4) is 5.69 Å². The molecule has 6 heteroatoms. The first-order chi connectivity index (χ1) is 13.5. The number of hydrogen-bond donors (Lipinski definition) is 1. The highest BCUT2D eigenvalue weighted by molar-refractivity contribution is 14.1. The summed E-state index contributed by atoms with van der Waals surface area (Å²) in [5.41, 5.74) is 2.48. The summed E-state index contributed by atoms with van der Waals surface area (Å²) in [6, 6.07) is 21.8. The molecule has 5 nitrogen and oxygen atoms in total. The molecule has 0 saturated carbocycles. The van der Waals surface area contributed by atoms with Crippen LogP contribution in [0.4, 0.5) is 5.69 Å². The van der Waals surface area contributed by atoms with Crippen molar-refractivity contribution in [3.63, 3.8) is 0 Å². The molecule has 1 N–H and O–H groups in total. The summed E-state index contributed by atoms with van der Waals surface area (Å²) in [4.78, 5) is 29.9. The number of halogens is 1. The average Bonchev–Trinajstić information content (AvgIpc) is 2.68. The number of carbonyl (C=O) groups excluding carboxylic acids is 1. The molecule has 0 spiro atoms. The van der Waals surface area contributed by atoms with Crippen LogP contribution in [-0.2, 0) is 0 Å². The number of aryl methyl sites for hydroxylation is 1. The summed E-state index contributed by atoms with van der Waals surface area (Å²) >= 11 is 2.20. The minimum atomic E-state index is -0.200. The molecular weight excluding hydrogens is 465 g/mol. The molecule has 0 aliphatic heterocycles. The van der Waals surface area contributed by atoms with Gasteiger partial charge in [0, 0.05) is 14.8 Å². The van der Waals surface area contributed by atoms with Gasteiger partial charge in [0.15, 0.2) is 0 Å². The smallest absolute Gasteiger partial charge is 0.265 e. The van der Waals surface area contributed by atoms with E-state index in [4.69, 9.17) is 0 Å². The highest BCUT2D eigenvalue weighted by Crippen LogP contribution is 2.16. The fourth-order valence-corrected chi connectivity index (χ4v) is 3.62. The Morgan fingerprint density at radius 2 is 1.75 bits per heavy atom. The van der Waals surface area contributed by atoms with Crippen molar-refractivity contribution in [2.24, 2.45) is 0 Å². The van der Waals surface area contributed by atoms with Gasteiger partial charge in [0.25, 0.3) is 11.5 Å². The Morgan fingerprint density at radius 3 is 2.50 bits per heavy atom. The first-order valence-corrected chi connectivity index (χ1v) is 9.76. The zero-order chi connectivity index (χ0) is 19.7. The lowest BCUT2D eigenvalue weighted by Crippen LogP contribution is -2.22. The number of rotatable bonds is 3. The molecule has 4 aromatic rings. The molecule has 0 radical (unpaired) electrons. The van der Waals surface area contributed by atoms with Crippen molar-refractivity contribution < 1.29 is 4.79 Å². The molecule has 1 heterocycles. The Labute approximate surface area is 175 Å². The molecule has 1 aromatic heterocycles. The summed E-state index contributed by atoms with van der Waals surface area (Å²) < 4.78 is 2.60. The third-order valence-electron chi connectivity index (χ3n) is 4.41. The van der Waals surface area contributed by atoms with Gasteiger partial charge in [0.05, 0.1) is 16.6 Å². The molecule has 4 rings (SSSR count). The first kappa shape index (κ1) is 18.4. The summed E-state index contributed by atoms with van der Waals surface area (Å²) in [7, 11) is 0. The fourth-order valence-electron chi connectivity index (χ4n) is 3.08. The lowest BCUT2D eigenvalue weighted by Gasteiger charge is -2.11. The molecule has 0 aliphatic carbocycles. The van der Waals surface area contributed by atoms with Crippen LogP contribution in [0.1, 0.15) is 16.2 Å². The third kappa shape index (κ3) is 3.55. The number of nitrogens with zero attached hydrogens (tertiary/aromatic N) is 2. The van der Waals surface area contributed by atoms with Gasteiger partial charge >= 0.3 is 0 Å². The predicted molar refractivity (Wildman–Crippen MR) is 119 cm³/mol. The molecular formula is C22H16IN3O2. The van der Waals surface area contributed by atoms with Crippen LogP contribution in [0.15, 0.2) is 77.6 Å². The van der Waals surface area contributed by atoms with Gasteiger partial charge in [-0.15, -0.1) is 0 Å². The van der Waals surface area contributed by atoms with E-state index in [9.17, 15) is 9.59 Å². The molecule has 0 fully saturated rings. The number of carbonyl (C=O) groups is 1. The van der Waals surface area contributed by atoms with Gasteiger partial charge in [-0.05, 0) is 84.1 Å². The predicted octanol–water partition coefficient (Wildman–Crippen LogP) is 4.55. The van der Waals surface area contributed by atoms with Crippen LogP contribution in [0.2, 0.25) is 0 Å². The van der Waals surface area contributed by atoms with E-state index in [1.165, 1.54) is 0 Å². The van der Waals surface area contributed by atoms with Gasteiger partial charge in [-0.3, -0.25) is 14.2 Å². The molecule has 3 aromatic carbocycles. The Hall–Kier alpha value is -3.00. The molecule has 1 amide bonds. The summed E-state index contributed by atoms with van der Waals surface area (Å²) in [6.07, 6.45) is 0. The summed E-state index contributed by atoms with van der Waals surface area (Å²) in [5.74, 6) is 0.397. The standard InChI is InChI=1S/C22H16IN3O2/c1-14-24-20-8-3-2-7-19(20)22(28)26(14)18-11-9-15(10-12-18)21(27)25-17-6-4-5-16(23)13-17/h2-13H,1H3,(H,25,27). The lowest BCUT2D eigenvalue weighted by molar-refractivity contribution is 0.102. The third-order valence-corrected chi connectivity index (χ3v) is 5.08. The van der Waals surface area contributed by atoms with Crippen molar-refractivity contribution in [2.75, 3.05) is 5.32 Å². The van der Waals surface area contributed by atoms with Crippen LogP contribution in [-0.4, -0.2) is 15.5 Å². The minimum Gasteiger partial charge on any atom is -0.322 e. The largest absolute Gasteiger partial charge is 0.322 e. The summed E-state index contributed by atoms with van der Waals surface area (Å²) in [5, 5.41) is 3.44. The van der Waals surface area contributed by atoms with E-state index < -0.39 is 0 Å². The fraction of sp³-hybridized carbons (Fsp3) is 0.0455. The highest BCUT2D eigenvalue weighted by atomic mass is 127. The van der Waals surface area contributed by atoms with E-state index >= 15 is 0 Å². The van der Waals surface area contributed by atoms with Gasteiger partial charge in [0.1, 0.15) is 5.82 Å². The normalized spacial score (nSPS) is 10.8. The van der Waals surface area contributed by atoms with E-state index in [1.54, 1.807) is 41.8 Å². The second kappa shape index (κ2) is 7.55. The number of para-hydroxylation sites is 1. The number of nitrogens with one attached hydrogen (secondary N) is 1. The van der Waals surface area contributed by atoms with Crippen LogP contribution in [0.3, 0.4) is 0 Å². The van der Waals surface area contributed by atoms with Crippen molar-refractivity contribution in [1.82, 2.24) is 9.55 Å².